The molecule has 3 rings (SSSR count). The molecule has 2 aliphatic heterocycles. The lowest BCUT2D eigenvalue weighted by Gasteiger charge is -2.32. The van der Waals surface area contributed by atoms with Crippen LogP contribution in [0.3, 0.4) is 0 Å². The molecule has 2 fully saturated rings. The number of carbonyl (C=O) groups is 2. The van der Waals surface area contributed by atoms with Gasteiger partial charge < -0.3 is 19.3 Å². The molecular weight excluding hydrogens is 376 g/mol. The standard InChI is InChI=1S/C17H21BrN2O4/c1-23-15-5-4-12(18)11-13(15)16(21)20-6-2-3-14(20)17(22)19-7-9-24-10-8-19/h4-5,11,14H,2-3,6-10H2,1H3. The van der Waals surface area contributed by atoms with Crippen molar-refractivity contribution in [3.63, 3.8) is 0 Å². The first-order valence-electron chi connectivity index (χ1n) is 8.13. The molecule has 0 spiro atoms. The molecule has 130 valence electrons. The summed E-state index contributed by atoms with van der Waals surface area (Å²) in [5.41, 5.74) is 0.480. The van der Waals surface area contributed by atoms with E-state index in [0.29, 0.717) is 50.6 Å². The molecule has 2 saturated heterocycles. The van der Waals surface area contributed by atoms with Crippen LogP contribution in [-0.2, 0) is 9.53 Å². The maximum Gasteiger partial charge on any atom is 0.258 e. The lowest BCUT2D eigenvalue weighted by atomic mass is 10.1. The van der Waals surface area contributed by atoms with Crippen LogP contribution in [0.2, 0.25) is 0 Å². The fraction of sp³-hybridized carbons (Fsp3) is 0.529. The number of likely N-dealkylation sites (tertiary alicyclic amines) is 1. The van der Waals surface area contributed by atoms with Crippen LogP contribution in [0.1, 0.15) is 23.2 Å². The van der Waals surface area contributed by atoms with Crippen molar-refractivity contribution >= 4 is 27.7 Å². The summed E-state index contributed by atoms with van der Waals surface area (Å²) in [7, 11) is 1.54. The highest BCUT2D eigenvalue weighted by Crippen LogP contribution is 2.28. The van der Waals surface area contributed by atoms with Crippen LogP contribution in [0, 0.1) is 0 Å². The van der Waals surface area contributed by atoms with Gasteiger partial charge in [0.2, 0.25) is 5.91 Å². The minimum atomic E-state index is -0.390. The highest BCUT2D eigenvalue weighted by molar-refractivity contribution is 9.10. The lowest BCUT2D eigenvalue weighted by molar-refractivity contribution is -0.139. The van der Waals surface area contributed by atoms with Gasteiger partial charge in [-0.15, -0.1) is 0 Å². The highest BCUT2D eigenvalue weighted by Gasteiger charge is 2.38. The fourth-order valence-corrected chi connectivity index (χ4v) is 3.62. The molecule has 0 bridgehead atoms. The van der Waals surface area contributed by atoms with Crippen molar-refractivity contribution in [2.75, 3.05) is 40.0 Å². The molecule has 2 heterocycles. The summed E-state index contributed by atoms with van der Waals surface area (Å²) < 4.78 is 11.4. The van der Waals surface area contributed by atoms with Gasteiger partial charge >= 0.3 is 0 Å². The van der Waals surface area contributed by atoms with E-state index in [1.54, 1.807) is 29.0 Å². The number of amides is 2. The molecule has 0 aliphatic carbocycles. The van der Waals surface area contributed by atoms with Crippen LogP contribution in [0.4, 0.5) is 0 Å². The molecule has 2 aliphatic rings. The second-order valence-corrected chi connectivity index (χ2v) is 6.85. The Hall–Kier alpha value is -1.60. The molecule has 7 heteroatoms. The predicted molar refractivity (Wildman–Crippen MR) is 92.2 cm³/mol. The van der Waals surface area contributed by atoms with Crippen LogP contribution in [0.25, 0.3) is 0 Å². The number of ether oxygens (including phenoxy) is 2. The average molecular weight is 397 g/mol. The molecule has 0 radical (unpaired) electrons. The molecule has 1 atom stereocenters. The number of carbonyl (C=O) groups excluding carboxylic acids is 2. The van der Waals surface area contributed by atoms with E-state index in [1.807, 2.05) is 6.07 Å². The van der Waals surface area contributed by atoms with E-state index in [-0.39, 0.29) is 17.9 Å². The highest BCUT2D eigenvalue weighted by atomic mass is 79.9. The summed E-state index contributed by atoms with van der Waals surface area (Å²) in [6.07, 6.45) is 1.54. The SMILES string of the molecule is COc1ccc(Br)cc1C(=O)N1CCCC1C(=O)N1CCOCC1. The number of benzene rings is 1. The van der Waals surface area contributed by atoms with Gasteiger partial charge in [-0.1, -0.05) is 15.9 Å². The van der Waals surface area contributed by atoms with Crippen LogP contribution < -0.4 is 4.74 Å². The zero-order chi connectivity index (χ0) is 17.1. The number of hydrogen-bond donors (Lipinski definition) is 0. The van der Waals surface area contributed by atoms with Gasteiger partial charge in [-0.05, 0) is 31.0 Å². The second-order valence-electron chi connectivity index (χ2n) is 5.94. The first kappa shape index (κ1) is 17.2. The van der Waals surface area contributed by atoms with Crippen molar-refractivity contribution in [2.24, 2.45) is 0 Å². The van der Waals surface area contributed by atoms with Crippen molar-refractivity contribution < 1.29 is 19.1 Å². The van der Waals surface area contributed by atoms with Gasteiger partial charge in [0.15, 0.2) is 0 Å². The van der Waals surface area contributed by atoms with E-state index in [2.05, 4.69) is 15.9 Å². The normalized spacial score (nSPS) is 21.0. The van der Waals surface area contributed by atoms with Gasteiger partial charge in [0.05, 0.1) is 25.9 Å². The van der Waals surface area contributed by atoms with E-state index in [1.165, 1.54) is 0 Å². The van der Waals surface area contributed by atoms with Gasteiger partial charge in [-0.2, -0.15) is 0 Å². The Labute approximate surface area is 149 Å². The van der Waals surface area contributed by atoms with Crippen LogP contribution in [0.5, 0.6) is 5.75 Å². The first-order valence-corrected chi connectivity index (χ1v) is 8.92. The molecule has 0 saturated carbocycles. The molecule has 1 unspecified atom stereocenters. The van der Waals surface area contributed by atoms with Crippen LogP contribution in [0.15, 0.2) is 22.7 Å². The van der Waals surface area contributed by atoms with Crippen molar-refractivity contribution in [2.45, 2.75) is 18.9 Å². The third-order valence-electron chi connectivity index (χ3n) is 4.51. The maximum atomic E-state index is 13.0. The fourth-order valence-electron chi connectivity index (χ4n) is 3.26. The Balaban J connectivity index is 1.81. The Morgan fingerprint density at radius 3 is 2.71 bits per heavy atom. The number of rotatable bonds is 3. The van der Waals surface area contributed by atoms with Gasteiger partial charge in [-0.25, -0.2) is 0 Å². The zero-order valence-electron chi connectivity index (χ0n) is 13.7. The third kappa shape index (κ3) is 3.42. The maximum absolute atomic E-state index is 13.0. The Kier molecular flexibility index (Phi) is 5.40. The van der Waals surface area contributed by atoms with Crippen LogP contribution in [-0.4, -0.2) is 67.6 Å². The zero-order valence-corrected chi connectivity index (χ0v) is 15.3. The predicted octanol–water partition coefficient (Wildman–Crippen LogP) is 1.92. The van der Waals surface area contributed by atoms with Crippen LogP contribution >= 0.6 is 15.9 Å². The number of methoxy groups -OCH3 is 1. The Morgan fingerprint density at radius 2 is 2.00 bits per heavy atom. The van der Waals surface area contributed by atoms with E-state index in [0.717, 1.165) is 10.9 Å². The quantitative estimate of drug-likeness (QED) is 0.782. The lowest BCUT2D eigenvalue weighted by Crippen LogP contribution is -2.51. The summed E-state index contributed by atoms with van der Waals surface area (Å²) in [5, 5.41) is 0. The van der Waals surface area contributed by atoms with Gasteiger partial charge in [0.25, 0.3) is 5.91 Å². The van der Waals surface area contributed by atoms with E-state index in [9.17, 15) is 9.59 Å². The number of morpholine rings is 1. The van der Waals surface area contributed by atoms with Gasteiger partial charge in [-0.3, -0.25) is 9.59 Å². The molecule has 1 aromatic rings. The monoisotopic (exact) mass is 396 g/mol. The minimum Gasteiger partial charge on any atom is -0.496 e. The molecule has 6 nitrogen and oxygen atoms in total. The topological polar surface area (TPSA) is 59.1 Å². The molecule has 2 amide bonds. The molecule has 24 heavy (non-hydrogen) atoms. The van der Waals surface area contributed by atoms with E-state index < -0.39 is 0 Å². The molecule has 0 aromatic heterocycles. The summed E-state index contributed by atoms with van der Waals surface area (Å²) in [5.74, 6) is 0.392. The van der Waals surface area contributed by atoms with Crippen molar-refractivity contribution in [1.29, 1.82) is 0 Å². The summed E-state index contributed by atoms with van der Waals surface area (Å²) in [6, 6.07) is 4.94. The smallest absolute Gasteiger partial charge is 0.258 e. The third-order valence-corrected chi connectivity index (χ3v) is 5.01. The summed E-state index contributed by atoms with van der Waals surface area (Å²) >= 11 is 3.39. The first-order chi connectivity index (χ1) is 11.6. The van der Waals surface area contributed by atoms with E-state index >= 15 is 0 Å². The summed E-state index contributed by atoms with van der Waals surface area (Å²) in [4.78, 5) is 29.3. The Bertz CT molecular complexity index is 631. The van der Waals surface area contributed by atoms with Crippen molar-refractivity contribution in [1.82, 2.24) is 9.80 Å². The molecule has 0 N–H and O–H groups in total. The van der Waals surface area contributed by atoms with Crippen molar-refractivity contribution in [3.8, 4) is 5.75 Å². The van der Waals surface area contributed by atoms with Gasteiger partial charge in [0, 0.05) is 24.1 Å². The van der Waals surface area contributed by atoms with E-state index in [4.69, 9.17) is 9.47 Å². The average Bonchev–Trinajstić information content (AvgIpc) is 3.10. The summed E-state index contributed by atoms with van der Waals surface area (Å²) in [6.45, 7) is 2.90. The Morgan fingerprint density at radius 1 is 1.25 bits per heavy atom. The molecular formula is C17H21BrN2O4. The van der Waals surface area contributed by atoms with Gasteiger partial charge in [0.1, 0.15) is 11.8 Å². The van der Waals surface area contributed by atoms with Crippen molar-refractivity contribution in [3.05, 3.63) is 28.2 Å². The number of nitrogens with zero attached hydrogens (tertiary/aromatic N) is 2. The minimum absolute atomic E-state index is 0.0260. The number of hydrogen-bond acceptors (Lipinski definition) is 4. The second kappa shape index (κ2) is 7.53. The largest absolute Gasteiger partial charge is 0.496 e. The molecule has 1 aromatic carbocycles. The number of halogens is 1.